The maximum Gasteiger partial charge on any atom is 0.0634 e. The lowest BCUT2D eigenvalue weighted by atomic mass is 10.2. The number of morpholine rings is 1. The first-order valence-electron chi connectivity index (χ1n) is 5.80. The summed E-state index contributed by atoms with van der Waals surface area (Å²) in [6.07, 6.45) is 5.68. The molecule has 1 aromatic carbocycles. The molecule has 1 fully saturated rings. The minimum Gasteiger partial charge on any atom is -0.379 e. The van der Waals surface area contributed by atoms with Gasteiger partial charge in [0, 0.05) is 19.3 Å². The summed E-state index contributed by atoms with van der Waals surface area (Å²) in [4.78, 5) is 0. The molecule has 2 aliphatic heterocycles. The van der Waals surface area contributed by atoms with Gasteiger partial charge in [0.25, 0.3) is 0 Å². The van der Waals surface area contributed by atoms with Crippen molar-refractivity contribution in [3.8, 4) is 0 Å². The van der Waals surface area contributed by atoms with Crippen LogP contribution in [0, 0.1) is 0 Å². The van der Waals surface area contributed by atoms with E-state index in [2.05, 4.69) is 15.8 Å². The standard InChI is InChI=1S/C9H8N2.C4H9NO/c1-2-6-9-8(4-1)5-3-7-10-11-9;1-3-6-4-2-5-1/h1-7,11H;5H,1-4H2. The molecule has 0 radical (unpaired) electrons. The number of fused-ring (bicyclic) bond motifs is 1. The summed E-state index contributed by atoms with van der Waals surface area (Å²) in [7, 11) is 0. The number of ether oxygens (including phenoxy) is 1. The van der Waals surface area contributed by atoms with E-state index in [9.17, 15) is 0 Å². The molecule has 1 aromatic rings. The van der Waals surface area contributed by atoms with Crippen LogP contribution in [-0.4, -0.2) is 32.5 Å². The van der Waals surface area contributed by atoms with Gasteiger partial charge in [-0.1, -0.05) is 24.3 Å². The third-order valence-electron chi connectivity index (χ3n) is 2.43. The van der Waals surface area contributed by atoms with Crippen LogP contribution in [0.4, 0.5) is 5.69 Å². The van der Waals surface area contributed by atoms with Crippen molar-refractivity contribution in [2.45, 2.75) is 0 Å². The molecule has 2 heterocycles. The summed E-state index contributed by atoms with van der Waals surface area (Å²) in [5.74, 6) is 0. The smallest absolute Gasteiger partial charge is 0.0634 e. The highest BCUT2D eigenvalue weighted by atomic mass is 16.5. The second-order valence-corrected chi connectivity index (χ2v) is 3.70. The fraction of sp³-hybridized carbons (Fsp3) is 0.308. The first-order chi connectivity index (χ1) is 8.47. The molecule has 0 bridgehead atoms. The molecule has 4 nitrogen and oxygen atoms in total. The summed E-state index contributed by atoms with van der Waals surface area (Å²) in [6, 6.07) is 8.05. The van der Waals surface area contributed by atoms with Crippen molar-refractivity contribution >= 4 is 18.0 Å². The molecule has 2 aliphatic rings. The molecule has 0 spiro atoms. The van der Waals surface area contributed by atoms with E-state index in [1.807, 2.05) is 36.4 Å². The van der Waals surface area contributed by atoms with E-state index in [0.717, 1.165) is 32.0 Å². The van der Waals surface area contributed by atoms with E-state index in [1.54, 1.807) is 6.21 Å². The van der Waals surface area contributed by atoms with Crippen LogP contribution in [0.15, 0.2) is 35.4 Å². The summed E-state index contributed by atoms with van der Waals surface area (Å²) in [5.41, 5.74) is 5.16. The summed E-state index contributed by atoms with van der Waals surface area (Å²) in [5, 5.41) is 7.11. The molecule has 0 atom stereocenters. The van der Waals surface area contributed by atoms with Crippen molar-refractivity contribution in [3.63, 3.8) is 0 Å². The molecule has 17 heavy (non-hydrogen) atoms. The summed E-state index contributed by atoms with van der Waals surface area (Å²) < 4.78 is 5.01. The molecule has 0 aromatic heterocycles. The van der Waals surface area contributed by atoms with Crippen LogP contribution in [-0.2, 0) is 4.74 Å². The Labute approximate surface area is 101 Å². The van der Waals surface area contributed by atoms with Crippen LogP contribution in [0.1, 0.15) is 5.56 Å². The first kappa shape index (κ1) is 11.8. The number of hydrogen-bond acceptors (Lipinski definition) is 4. The molecule has 0 unspecified atom stereocenters. The minimum atomic E-state index is 0.889. The Bertz CT molecular complexity index is 386. The topological polar surface area (TPSA) is 45.7 Å². The Morgan fingerprint density at radius 2 is 1.94 bits per heavy atom. The van der Waals surface area contributed by atoms with E-state index in [-0.39, 0.29) is 0 Å². The Kier molecular flexibility index (Phi) is 4.75. The third-order valence-corrected chi connectivity index (χ3v) is 2.43. The molecule has 0 aliphatic carbocycles. The molecule has 2 N–H and O–H groups in total. The number of rotatable bonds is 0. The fourth-order valence-electron chi connectivity index (χ4n) is 1.56. The zero-order valence-corrected chi connectivity index (χ0v) is 9.73. The van der Waals surface area contributed by atoms with Crippen LogP contribution < -0.4 is 10.7 Å². The minimum absolute atomic E-state index is 0.889. The van der Waals surface area contributed by atoms with E-state index >= 15 is 0 Å². The lowest BCUT2D eigenvalue weighted by molar-refractivity contribution is 0.109. The van der Waals surface area contributed by atoms with Crippen LogP contribution in [0.5, 0.6) is 0 Å². The molecule has 0 amide bonds. The number of hydrogen-bond donors (Lipinski definition) is 2. The number of para-hydroxylation sites is 1. The molecule has 3 rings (SSSR count). The largest absolute Gasteiger partial charge is 0.379 e. The van der Waals surface area contributed by atoms with E-state index in [0.29, 0.717) is 0 Å². The monoisotopic (exact) mass is 231 g/mol. The normalized spacial score (nSPS) is 17.2. The van der Waals surface area contributed by atoms with Crippen LogP contribution >= 0.6 is 0 Å². The maximum absolute atomic E-state index is 5.01. The van der Waals surface area contributed by atoms with Crippen molar-refractivity contribution in [2.24, 2.45) is 5.10 Å². The van der Waals surface area contributed by atoms with Gasteiger partial charge in [-0.25, -0.2) is 0 Å². The molecular weight excluding hydrogens is 214 g/mol. The van der Waals surface area contributed by atoms with Gasteiger partial charge in [0.15, 0.2) is 0 Å². The number of allylic oxidation sites excluding steroid dienone is 1. The van der Waals surface area contributed by atoms with Gasteiger partial charge in [0.1, 0.15) is 0 Å². The van der Waals surface area contributed by atoms with E-state index < -0.39 is 0 Å². The van der Waals surface area contributed by atoms with Crippen molar-refractivity contribution < 1.29 is 4.74 Å². The number of nitrogens with zero attached hydrogens (tertiary/aromatic N) is 1. The zero-order chi connectivity index (χ0) is 11.8. The quantitative estimate of drug-likeness (QED) is 0.714. The third kappa shape index (κ3) is 4.01. The number of hydrazone groups is 1. The predicted molar refractivity (Wildman–Crippen MR) is 71.3 cm³/mol. The summed E-state index contributed by atoms with van der Waals surface area (Å²) >= 11 is 0. The van der Waals surface area contributed by atoms with Gasteiger partial charge in [0.2, 0.25) is 0 Å². The molecular formula is C13H17N3O. The van der Waals surface area contributed by atoms with Gasteiger partial charge < -0.3 is 10.1 Å². The maximum atomic E-state index is 5.01. The molecule has 4 heteroatoms. The summed E-state index contributed by atoms with van der Waals surface area (Å²) in [6.45, 7) is 3.83. The van der Waals surface area contributed by atoms with Crippen LogP contribution in [0.2, 0.25) is 0 Å². The van der Waals surface area contributed by atoms with Crippen molar-refractivity contribution in [1.29, 1.82) is 0 Å². The second-order valence-electron chi connectivity index (χ2n) is 3.70. The van der Waals surface area contributed by atoms with Gasteiger partial charge in [-0.2, -0.15) is 5.10 Å². The second kappa shape index (κ2) is 6.83. The van der Waals surface area contributed by atoms with Crippen molar-refractivity contribution in [2.75, 3.05) is 31.7 Å². The predicted octanol–water partition coefficient (Wildman–Crippen LogP) is 1.72. The van der Waals surface area contributed by atoms with Gasteiger partial charge in [-0.05, 0) is 17.7 Å². The van der Waals surface area contributed by atoms with Gasteiger partial charge in [-0.3, -0.25) is 5.43 Å². The highest BCUT2D eigenvalue weighted by Crippen LogP contribution is 2.17. The van der Waals surface area contributed by atoms with Gasteiger partial charge in [0.05, 0.1) is 18.9 Å². The fourth-order valence-corrected chi connectivity index (χ4v) is 1.56. The average molecular weight is 231 g/mol. The average Bonchev–Trinajstić information content (AvgIpc) is 2.66. The molecule has 90 valence electrons. The van der Waals surface area contributed by atoms with Crippen molar-refractivity contribution in [1.82, 2.24) is 5.32 Å². The van der Waals surface area contributed by atoms with Gasteiger partial charge in [-0.15, -0.1) is 0 Å². The van der Waals surface area contributed by atoms with E-state index in [1.165, 1.54) is 5.56 Å². The van der Waals surface area contributed by atoms with Crippen LogP contribution in [0.3, 0.4) is 0 Å². The Morgan fingerprint density at radius 1 is 1.12 bits per heavy atom. The van der Waals surface area contributed by atoms with E-state index in [4.69, 9.17) is 4.74 Å². The van der Waals surface area contributed by atoms with Crippen LogP contribution in [0.25, 0.3) is 6.08 Å². The van der Waals surface area contributed by atoms with Gasteiger partial charge >= 0.3 is 0 Å². The number of nitrogens with one attached hydrogen (secondary N) is 2. The van der Waals surface area contributed by atoms with Crippen molar-refractivity contribution in [3.05, 3.63) is 35.9 Å². The SMILES string of the molecule is C1=Cc2ccccc2NN=C1.C1COCCN1. The highest BCUT2D eigenvalue weighted by Gasteiger charge is 1.96. The molecule has 1 saturated heterocycles. The Hall–Kier alpha value is -1.65. The zero-order valence-electron chi connectivity index (χ0n) is 9.73. The Morgan fingerprint density at radius 3 is 2.65 bits per heavy atom. The Balaban J connectivity index is 0.000000153. The number of anilines is 1. The molecule has 0 saturated carbocycles. The lowest BCUT2D eigenvalue weighted by Crippen LogP contribution is -2.30. The lowest BCUT2D eigenvalue weighted by Gasteiger charge is -2.10. The highest BCUT2D eigenvalue weighted by molar-refractivity contribution is 5.83. The first-order valence-corrected chi connectivity index (χ1v) is 5.80. The number of benzene rings is 1.